The minimum Gasteiger partial charge on any atom is -0.487 e. The number of halogens is 1. The summed E-state index contributed by atoms with van der Waals surface area (Å²) < 4.78 is 25.9. The number of ether oxygens (including phenoxy) is 2. The summed E-state index contributed by atoms with van der Waals surface area (Å²) in [5.41, 5.74) is 0.526. The van der Waals surface area contributed by atoms with Crippen LogP contribution >= 0.6 is 0 Å². The lowest BCUT2D eigenvalue weighted by Crippen LogP contribution is -2.45. The van der Waals surface area contributed by atoms with Gasteiger partial charge in [0.15, 0.2) is 11.6 Å². The number of hydrogen-bond donors (Lipinski definition) is 1. The maximum Gasteiger partial charge on any atom is 0.165 e. The number of aliphatic hydroxyl groups is 1. The molecule has 0 radical (unpaired) electrons. The van der Waals surface area contributed by atoms with Gasteiger partial charge in [0.2, 0.25) is 0 Å². The zero-order valence-electron chi connectivity index (χ0n) is 12.3. The van der Waals surface area contributed by atoms with Gasteiger partial charge in [0.1, 0.15) is 6.10 Å². The van der Waals surface area contributed by atoms with Gasteiger partial charge >= 0.3 is 0 Å². The molecule has 1 aromatic rings. The van der Waals surface area contributed by atoms with E-state index in [9.17, 15) is 4.39 Å². The van der Waals surface area contributed by atoms with Crippen molar-refractivity contribution in [3.63, 3.8) is 0 Å². The van der Waals surface area contributed by atoms with Crippen molar-refractivity contribution in [2.24, 2.45) is 0 Å². The largest absolute Gasteiger partial charge is 0.487 e. The van der Waals surface area contributed by atoms with E-state index in [-0.39, 0.29) is 24.1 Å². The van der Waals surface area contributed by atoms with Crippen LogP contribution in [-0.2, 0) is 11.3 Å². The molecule has 0 aromatic heterocycles. The van der Waals surface area contributed by atoms with Crippen molar-refractivity contribution in [1.82, 2.24) is 0 Å². The molecule has 21 heavy (non-hydrogen) atoms. The van der Waals surface area contributed by atoms with Crippen LogP contribution in [0.25, 0.3) is 0 Å². The molecule has 1 N–H and O–H groups in total. The molecule has 2 aliphatic rings. The molecule has 116 valence electrons. The molecule has 1 heterocycles. The first-order valence-electron chi connectivity index (χ1n) is 7.91. The number of benzene rings is 1. The molecular weight excluding hydrogens is 271 g/mol. The Morgan fingerprint density at radius 1 is 1.29 bits per heavy atom. The van der Waals surface area contributed by atoms with Crippen molar-refractivity contribution in [1.29, 1.82) is 0 Å². The van der Waals surface area contributed by atoms with Crippen LogP contribution in [0.1, 0.15) is 50.5 Å². The second kappa shape index (κ2) is 6.32. The summed E-state index contributed by atoms with van der Waals surface area (Å²) in [4.78, 5) is 0. The highest BCUT2D eigenvalue weighted by Crippen LogP contribution is 2.39. The lowest BCUT2D eigenvalue weighted by Gasteiger charge is -2.43. The molecule has 1 saturated carbocycles. The van der Waals surface area contributed by atoms with Crippen LogP contribution in [0.3, 0.4) is 0 Å². The topological polar surface area (TPSA) is 38.7 Å². The Kier molecular flexibility index (Phi) is 4.45. The van der Waals surface area contributed by atoms with Crippen molar-refractivity contribution in [2.75, 3.05) is 6.61 Å². The molecule has 1 atom stereocenters. The predicted octanol–water partition coefficient (Wildman–Crippen LogP) is 3.58. The van der Waals surface area contributed by atoms with Crippen LogP contribution in [0.15, 0.2) is 18.2 Å². The first kappa shape index (κ1) is 14.8. The van der Waals surface area contributed by atoms with Crippen molar-refractivity contribution < 1.29 is 19.0 Å². The van der Waals surface area contributed by atoms with Crippen LogP contribution < -0.4 is 4.74 Å². The van der Waals surface area contributed by atoms with Gasteiger partial charge in [-0.05, 0) is 30.5 Å². The summed E-state index contributed by atoms with van der Waals surface area (Å²) in [5.74, 6) is -0.115. The van der Waals surface area contributed by atoms with E-state index in [1.54, 1.807) is 12.1 Å². The molecule has 1 aliphatic carbocycles. The average molecular weight is 294 g/mol. The van der Waals surface area contributed by atoms with Crippen molar-refractivity contribution in [2.45, 2.75) is 63.3 Å². The van der Waals surface area contributed by atoms with Crippen molar-refractivity contribution >= 4 is 0 Å². The van der Waals surface area contributed by atoms with Crippen LogP contribution in [0.2, 0.25) is 0 Å². The monoisotopic (exact) mass is 294 g/mol. The Labute approximate surface area is 125 Å². The molecule has 3 nitrogen and oxygen atoms in total. The van der Waals surface area contributed by atoms with Gasteiger partial charge in [0.25, 0.3) is 0 Å². The maximum atomic E-state index is 14.0. The molecule has 0 bridgehead atoms. The highest BCUT2D eigenvalue weighted by Gasteiger charge is 2.39. The first-order chi connectivity index (χ1) is 10.2. The van der Waals surface area contributed by atoms with Crippen molar-refractivity contribution in [3.05, 3.63) is 29.6 Å². The molecule has 1 spiro atoms. The Bertz CT molecular complexity index is 477. The van der Waals surface area contributed by atoms with E-state index < -0.39 is 5.82 Å². The Morgan fingerprint density at radius 3 is 2.81 bits per heavy atom. The smallest absolute Gasteiger partial charge is 0.165 e. The lowest BCUT2D eigenvalue weighted by atomic mass is 9.79. The highest BCUT2D eigenvalue weighted by atomic mass is 19.1. The first-order valence-corrected chi connectivity index (χ1v) is 7.91. The van der Waals surface area contributed by atoms with Gasteiger partial charge in [-0.15, -0.1) is 0 Å². The van der Waals surface area contributed by atoms with Crippen LogP contribution in [0, 0.1) is 5.82 Å². The van der Waals surface area contributed by atoms with E-state index in [1.807, 2.05) is 0 Å². The van der Waals surface area contributed by atoms with E-state index in [4.69, 9.17) is 14.6 Å². The van der Waals surface area contributed by atoms with E-state index in [0.717, 1.165) is 25.7 Å². The summed E-state index contributed by atoms with van der Waals surface area (Å²) in [6.45, 7) is 0.540. The number of hydrogen-bond acceptors (Lipinski definition) is 3. The Morgan fingerprint density at radius 2 is 2.10 bits per heavy atom. The third-order valence-electron chi connectivity index (χ3n) is 4.69. The molecular formula is C17H23FO3. The average Bonchev–Trinajstić information content (AvgIpc) is 2.50. The molecule has 1 aromatic carbocycles. The molecule has 0 amide bonds. The van der Waals surface area contributed by atoms with E-state index in [1.165, 1.54) is 25.3 Å². The number of aliphatic hydroxyl groups excluding tert-OH is 1. The van der Waals surface area contributed by atoms with Gasteiger partial charge in [-0.2, -0.15) is 0 Å². The molecule has 2 fully saturated rings. The fourth-order valence-electron chi connectivity index (χ4n) is 3.55. The minimum atomic E-state index is -0.397. The van der Waals surface area contributed by atoms with Gasteiger partial charge in [0.05, 0.1) is 18.8 Å². The van der Waals surface area contributed by atoms with Crippen molar-refractivity contribution in [3.8, 4) is 5.75 Å². The second-order valence-corrected chi connectivity index (χ2v) is 6.25. The Balaban J connectivity index is 1.67. The highest BCUT2D eigenvalue weighted by molar-refractivity contribution is 5.29. The predicted molar refractivity (Wildman–Crippen MR) is 77.7 cm³/mol. The minimum absolute atomic E-state index is 0.0197. The molecule has 3 rings (SSSR count). The maximum absolute atomic E-state index is 14.0. The summed E-state index contributed by atoms with van der Waals surface area (Å²) in [7, 11) is 0. The quantitative estimate of drug-likeness (QED) is 0.926. The summed E-state index contributed by atoms with van der Waals surface area (Å²) >= 11 is 0. The van der Waals surface area contributed by atoms with Gasteiger partial charge in [-0.1, -0.05) is 25.3 Å². The second-order valence-electron chi connectivity index (χ2n) is 6.25. The fourth-order valence-corrected chi connectivity index (χ4v) is 3.55. The van der Waals surface area contributed by atoms with Crippen LogP contribution in [0.5, 0.6) is 5.75 Å². The molecule has 1 aliphatic heterocycles. The van der Waals surface area contributed by atoms with E-state index in [0.29, 0.717) is 12.2 Å². The zero-order chi connectivity index (χ0) is 14.7. The fraction of sp³-hybridized carbons (Fsp3) is 0.647. The van der Waals surface area contributed by atoms with Crippen LogP contribution in [0.4, 0.5) is 4.39 Å². The SMILES string of the molecule is OCc1ccc(OC2CCOC3(CCCCC3)C2)c(F)c1. The van der Waals surface area contributed by atoms with Gasteiger partial charge in [-0.3, -0.25) is 0 Å². The third-order valence-corrected chi connectivity index (χ3v) is 4.69. The third kappa shape index (κ3) is 3.38. The van der Waals surface area contributed by atoms with Gasteiger partial charge < -0.3 is 14.6 Å². The lowest BCUT2D eigenvalue weighted by molar-refractivity contribution is -0.130. The molecule has 4 heteroatoms. The Hall–Kier alpha value is -1.13. The summed E-state index contributed by atoms with van der Waals surface area (Å²) in [5, 5.41) is 9.02. The van der Waals surface area contributed by atoms with E-state index in [2.05, 4.69) is 0 Å². The number of rotatable bonds is 3. The molecule has 1 saturated heterocycles. The van der Waals surface area contributed by atoms with E-state index >= 15 is 0 Å². The molecule has 1 unspecified atom stereocenters. The van der Waals surface area contributed by atoms with Gasteiger partial charge in [-0.25, -0.2) is 4.39 Å². The normalized spacial score (nSPS) is 25.0. The zero-order valence-corrected chi connectivity index (χ0v) is 12.3. The summed E-state index contributed by atoms with van der Waals surface area (Å²) in [6, 6.07) is 4.66. The standard InChI is InChI=1S/C17H23FO3/c18-15-10-13(12-19)4-5-16(15)21-14-6-9-20-17(11-14)7-2-1-3-8-17/h4-5,10,14,19H,1-3,6-9,11-12H2. The summed E-state index contributed by atoms with van der Waals surface area (Å²) in [6.07, 6.45) is 7.59. The van der Waals surface area contributed by atoms with Gasteiger partial charge in [0, 0.05) is 12.8 Å². The van der Waals surface area contributed by atoms with Crippen LogP contribution in [-0.4, -0.2) is 23.4 Å².